The first-order chi connectivity index (χ1) is 12.6. The number of benzene rings is 2. The van der Waals surface area contributed by atoms with Crippen molar-refractivity contribution in [1.29, 1.82) is 0 Å². The van der Waals surface area contributed by atoms with Gasteiger partial charge in [0, 0.05) is 5.56 Å². The zero-order valence-corrected chi connectivity index (χ0v) is 13.8. The van der Waals surface area contributed by atoms with E-state index in [0.29, 0.717) is 35.7 Å². The number of amides is 1. The average molecular weight is 350 g/mol. The van der Waals surface area contributed by atoms with Crippen LogP contribution in [0.25, 0.3) is 0 Å². The van der Waals surface area contributed by atoms with Gasteiger partial charge in [0.1, 0.15) is 29.8 Å². The minimum Gasteiger partial charge on any atom is -0.490 e. The molecule has 2 aromatic rings. The highest BCUT2D eigenvalue weighted by Gasteiger charge is 2.36. The van der Waals surface area contributed by atoms with E-state index < -0.39 is 5.92 Å². The number of hydrogen-bond acceptors (Lipinski definition) is 4. The first kappa shape index (κ1) is 16.2. The van der Waals surface area contributed by atoms with Gasteiger partial charge < -0.3 is 9.47 Å². The lowest BCUT2D eigenvalue weighted by atomic mass is 9.94. The summed E-state index contributed by atoms with van der Waals surface area (Å²) in [6.45, 7) is 3.99. The van der Waals surface area contributed by atoms with Crippen LogP contribution >= 0.6 is 0 Å². The summed E-state index contributed by atoms with van der Waals surface area (Å²) < 4.78 is 24.7. The number of halogens is 1. The Balaban J connectivity index is 1.66. The number of hydrogen-bond donors (Lipinski definition) is 0. The molecule has 6 heteroatoms. The molecule has 0 N–H and O–H groups in total. The van der Waals surface area contributed by atoms with Crippen LogP contribution in [0.4, 0.5) is 4.39 Å². The van der Waals surface area contributed by atoms with Crippen molar-refractivity contribution in [3.05, 3.63) is 72.1 Å². The summed E-state index contributed by atoms with van der Waals surface area (Å²) in [6, 6.07) is 11.4. The van der Waals surface area contributed by atoms with Crippen LogP contribution in [-0.2, 0) is 11.2 Å². The van der Waals surface area contributed by atoms with Gasteiger partial charge in [0.05, 0.1) is 0 Å². The zero-order chi connectivity index (χ0) is 18.1. The maximum atomic E-state index is 13.4. The Kier molecular flexibility index (Phi) is 4.08. The molecule has 1 atom stereocenters. The van der Waals surface area contributed by atoms with E-state index in [4.69, 9.17) is 9.47 Å². The fraction of sp³-hybridized carbons (Fsp3) is 0.150. The Bertz CT molecular complexity index is 965. The maximum Gasteiger partial charge on any atom is 0.260 e. The van der Waals surface area contributed by atoms with Crippen LogP contribution in [-0.4, -0.2) is 24.2 Å². The Morgan fingerprint density at radius 1 is 1.27 bits per heavy atom. The standard InChI is InChI=1S/C20H15FN2O3/c1-2-8-25-15-5-3-4-12(10-15)18-22-19(24)16-11-13-9-14(21)6-7-17(13)26-20(16)23-18/h2-7,9-10,16H,1,8,11H2. The van der Waals surface area contributed by atoms with E-state index in [1.54, 1.807) is 36.4 Å². The number of carbonyl (C=O) groups excluding carboxylic acids is 1. The van der Waals surface area contributed by atoms with E-state index in [9.17, 15) is 9.18 Å². The molecule has 0 bridgehead atoms. The van der Waals surface area contributed by atoms with Gasteiger partial charge in [0.15, 0.2) is 5.84 Å². The zero-order valence-electron chi connectivity index (χ0n) is 13.8. The second-order valence-corrected chi connectivity index (χ2v) is 5.96. The van der Waals surface area contributed by atoms with Gasteiger partial charge in [0.25, 0.3) is 5.91 Å². The van der Waals surface area contributed by atoms with Crippen molar-refractivity contribution in [3.8, 4) is 11.5 Å². The summed E-state index contributed by atoms with van der Waals surface area (Å²) in [4.78, 5) is 21.0. The predicted octanol–water partition coefficient (Wildman–Crippen LogP) is 3.33. The summed E-state index contributed by atoms with van der Waals surface area (Å²) in [5.74, 6) is 0.373. The van der Waals surface area contributed by atoms with Crippen molar-refractivity contribution in [2.75, 3.05) is 6.61 Å². The maximum absolute atomic E-state index is 13.4. The molecule has 0 radical (unpaired) electrons. The third-order valence-corrected chi connectivity index (χ3v) is 4.15. The summed E-state index contributed by atoms with van der Waals surface area (Å²) >= 11 is 0. The van der Waals surface area contributed by atoms with E-state index >= 15 is 0 Å². The van der Waals surface area contributed by atoms with Crippen LogP contribution in [0.3, 0.4) is 0 Å². The summed E-state index contributed by atoms with van der Waals surface area (Å²) in [5, 5.41) is 0. The van der Waals surface area contributed by atoms with Gasteiger partial charge in [-0.3, -0.25) is 4.79 Å². The van der Waals surface area contributed by atoms with Crippen LogP contribution in [0, 0.1) is 11.7 Å². The van der Waals surface area contributed by atoms with E-state index in [-0.39, 0.29) is 23.5 Å². The van der Waals surface area contributed by atoms with Gasteiger partial charge in [0.2, 0.25) is 5.90 Å². The third kappa shape index (κ3) is 3.01. The lowest BCUT2D eigenvalue weighted by molar-refractivity contribution is -0.120. The summed E-state index contributed by atoms with van der Waals surface area (Å²) in [5.41, 5.74) is 1.29. The molecule has 2 aliphatic heterocycles. The molecular weight excluding hydrogens is 335 g/mol. The van der Waals surface area contributed by atoms with E-state index in [2.05, 4.69) is 16.6 Å². The summed E-state index contributed by atoms with van der Waals surface area (Å²) in [7, 11) is 0. The van der Waals surface area contributed by atoms with Crippen LogP contribution in [0.1, 0.15) is 11.1 Å². The molecule has 0 spiro atoms. The number of aliphatic imine (C=N–C) groups is 2. The monoisotopic (exact) mass is 350 g/mol. The number of fused-ring (bicyclic) bond motifs is 2. The van der Waals surface area contributed by atoms with Gasteiger partial charge in [-0.15, -0.1) is 0 Å². The Morgan fingerprint density at radius 2 is 2.15 bits per heavy atom. The topological polar surface area (TPSA) is 60.2 Å². The molecule has 0 aliphatic carbocycles. The number of carbonyl (C=O) groups is 1. The number of amidine groups is 1. The molecule has 1 amide bonds. The molecule has 2 aliphatic rings. The fourth-order valence-electron chi connectivity index (χ4n) is 2.91. The fourth-order valence-corrected chi connectivity index (χ4v) is 2.91. The lowest BCUT2D eigenvalue weighted by Gasteiger charge is -2.26. The van der Waals surface area contributed by atoms with Gasteiger partial charge >= 0.3 is 0 Å². The van der Waals surface area contributed by atoms with E-state index in [1.807, 2.05) is 0 Å². The second kappa shape index (κ2) is 6.55. The molecular formula is C20H15FN2O3. The first-order valence-electron chi connectivity index (χ1n) is 8.15. The minimum atomic E-state index is -0.617. The van der Waals surface area contributed by atoms with Crippen LogP contribution in [0.5, 0.6) is 11.5 Å². The molecule has 0 fully saturated rings. The minimum absolute atomic E-state index is 0.274. The molecule has 0 aromatic heterocycles. The van der Waals surface area contributed by atoms with Crippen LogP contribution in [0.15, 0.2) is 65.1 Å². The number of rotatable bonds is 4. The van der Waals surface area contributed by atoms with Gasteiger partial charge in [-0.2, -0.15) is 9.98 Å². The van der Waals surface area contributed by atoms with Crippen molar-refractivity contribution in [1.82, 2.24) is 0 Å². The molecule has 2 aromatic carbocycles. The number of nitrogens with zero attached hydrogens (tertiary/aromatic N) is 2. The quantitative estimate of drug-likeness (QED) is 0.795. The third-order valence-electron chi connectivity index (χ3n) is 4.15. The van der Waals surface area contributed by atoms with E-state index in [1.165, 1.54) is 12.1 Å². The highest BCUT2D eigenvalue weighted by atomic mass is 19.1. The highest BCUT2D eigenvalue weighted by Crippen LogP contribution is 2.32. The molecule has 26 heavy (non-hydrogen) atoms. The van der Waals surface area contributed by atoms with Crippen molar-refractivity contribution in [3.63, 3.8) is 0 Å². The molecule has 130 valence electrons. The number of ether oxygens (including phenoxy) is 2. The Morgan fingerprint density at radius 3 is 3.00 bits per heavy atom. The summed E-state index contributed by atoms with van der Waals surface area (Å²) in [6.07, 6.45) is 1.97. The largest absolute Gasteiger partial charge is 0.490 e. The average Bonchev–Trinajstić information content (AvgIpc) is 2.65. The van der Waals surface area contributed by atoms with Crippen molar-refractivity contribution in [2.24, 2.45) is 15.9 Å². The predicted molar refractivity (Wildman–Crippen MR) is 95.3 cm³/mol. The van der Waals surface area contributed by atoms with E-state index in [0.717, 1.165) is 0 Å². The SMILES string of the molecule is C=CCOc1cccc(C2=NC(=O)C3Cc4cc(F)ccc4OC3=N2)c1. The molecule has 0 saturated heterocycles. The lowest BCUT2D eigenvalue weighted by Crippen LogP contribution is -2.37. The first-order valence-corrected chi connectivity index (χ1v) is 8.15. The van der Waals surface area contributed by atoms with Crippen LogP contribution < -0.4 is 9.47 Å². The molecule has 5 nitrogen and oxygen atoms in total. The van der Waals surface area contributed by atoms with Crippen LogP contribution in [0.2, 0.25) is 0 Å². The van der Waals surface area contributed by atoms with Crippen molar-refractivity contribution in [2.45, 2.75) is 6.42 Å². The Labute approximate surface area is 149 Å². The highest BCUT2D eigenvalue weighted by molar-refractivity contribution is 6.19. The van der Waals surface area contributed by atoms with Gasteiger partial charge in [-0.25, -0.2) is 4.39 Å². The van der Waals surface area contributed by atoms with Crippen molar-refractivity contribution >= 4 is 17.6 Å². The molecule has 1 unspecified atom stereocenters. The van der Waals surface area contributed by atoms with Gasteiger partial charge in [-0.1, -0.05) is 24.8 Å². The normalized spacial score (nSPS) is 18.0. The molecule has 2 heterocycles. The Hall–Kier alpha value is -3.28. The molecule has 4 rings (SSSR count). The second-order valence-electron chi connectivity index (χ2n) is 5.96. The van der Waals surface area contributed by atoms with Crippen molar-refractivity contribution < 1.29 is 18.7 Å². The smallest absolute Gasteiger partial charge is 0.260 e. The van der Waals surface area contributed by atoms with Gasteiger partial charge in [-0.05, 0) is 42.3 Å². The molecule has 0 saturated carbocycles.